The van der Waals surface area contributed by atoms with Crippen molar-refractivity contribution < 1.29 is 23.4 Å². The lowest BCUT2D eigenvalue weighted by Gasteiger charge is -2.09. The van der Waals surface area contributed by atoms with Crippen LogP contribution in [0, 0.1) is 6.92 Å². The molecule has 1 aromatic heterocycles. The molecule has 0 N–H and O–H groups in total. The molecule has 142 valence electrons. The van der Waals surface area contributed by atoms with Gasteiger partial charge < -0.3 is 18.6 Å². The maximum absolute atomic E-state index is 12.5. The molecule has 5 nitrogen and oxygen atoms in total. The van der Waals surface area contributed by atoms with Crippen molar-refractivity contribution >= 4 is 23.5 Å². The van der Waals surface area contributed by atoms with Gasteiger partial charge >= 0.3 is 0 Å². The number of methoxy groups -OCH3 is 1. The first-order valence-electron chi connectivity index (χ1n) is 8.64. The Labute approximate surface area is 167 Å². The minimum atomic E-state index is -0.196. The van der Waals surface area contributed by atoms with Gasteiger partial charge in [0.2, 0.25) is 5.78 Å². The summed E-state index contributed by atoms with van der Waals surface area (Å²) in [6.45, 7) is 2.15. The number of ether oxygens (including phenoxy) is 3. The number of carbonyl (C=O) groups excluding carboxylic acids is 1. The first kappa shape index (κ1) is 18.2. The van der Waals surface area contributed by atoms with Gasteiger partial charge in [-0.15, -0.1) is 0 Å². The molecule has 0 fully saturated rings. The van der Waals surface area contributed by atoms with Crippen LogP contribution in [0.2, 0.25) is 5.02 Å². The van der Waals surface area contributed by atoms with E-state index in [1.165, 1.54) is 0 Å². The Balaban J connectivity index is 1.48. The Bertz CT molecular complexity index is 1060. The number of furan rings is 1. The van der Waals surface area contributed by atoms with E-state index < -0.39 is 0 Å². The van der Waals surface area contributed by atoms with Crippen molar-refractivity contribution in [2.24, 2.45) is 0 Å². The molecule has 0 bridgehead atoms. The molecule has 0 spiro atoms. The summed E-state index contributed by atoms with van der Waals surface area (Å²) in [5.41, 5.74) is 1.44. The van der Waals surface area contributed by atoms with Crippen molar-refractivity contribution in [3.8, 4) is 17.2 Å². The summed E-state index contributed by atoms with van der Waals surface area (Å²) >= 11 is 6.17. The van der Waals surface area contributed by atoms with E-state index >= 15 is 0 Å². The van der Waals surface area contributed by atoms with Crippen LogP contribution in [0.25, 0.3) is 6.08 Å². The molecule has 1 aliphatic heterocycles. The zero-order valence-electron chi connectivity index (χ0n) is 15.3. The van der Waals surface area contributed by atoms with Gasteiger partial charge in [0.15, 0.2) is 5.76 Å². The number of para-hydroxylation sites is 1. The lowest BCUT2D eigenvalue weighted by atomic mass is 10.1. The third kappa shape index (κ3) is 3.49. The molecule has 0 unspecified atom stereocenters. The Morgan fingerprint density at radius 3 is 2.79 bits per heavy atom. The molecular formula is C22H17ClO5. The maximum Gasteiger partial charge on any atom is 0.232 e. The third-order valence-corrected chi connectivity index (χ3v) is 4.65. The van der Waals surface area contributed by atoms with E-state index in [1.54, 1.807) is 49.6 Å². The van der Waals surface area contributed by atoms with Crippen molar-refractivity contribution in [3.63, 3.8) is 0 Å². The van der Waals surface area contributed by atoms with Crippen molar-refractivity contribution in [2.75, 3.05) is 7.11 Å². The van der Waals surface area contributed by atoms with Crippen molar-refractivity contribution in [1.29, 1.82) is 0 Å². The van der Waals surface area contributed by atoms with Crippen LogP contribution in [-0.4, -0.2) is 12.9 Å². The van der Waals surface area contributed by atoms with Gasteiger partial charge in [-0.1, -0.05) is 23.7 Å². The second-order valence-corrected chi connectivity index (χ2v) is 6.69. The Morgan fingerprint density at radius 1 is 1.14 bits per heavy atom. The second kappa shape index (κ2) is 7.44. The summed E-state index contributed by atoms with van der Waals surface area (Å²) in [5, 5.41) is 0.548. The normalized spacial score (nSPS) is 14.1. The fourth-order valence-corrected chi connectivity index (χ4v) is 3.19. The van der Waals surface area contributed by atoms with Gasteiger partial charge in [-0.25, -0.2) is 0 Å². The molecule has 0 aliphatic carbocycles. The van der Waals surface area contributed by atoms with Crippen LogP contribution in [0.5, 0.6) is 17.2 Å². The largest absolute Gasteiger partial charge is 0.497 e. The molecular weight excluding hydrogens is 380 g/mol. The molecule has 0 saturated carbocycles. The lowest BCUT2D eigenvalue weighted by Crippen LogP contribution is -1.98. The highest BCUT2D eigenvalue weighted by atomic mass is 35.5. The third-order valence-electron chi connectivity index (χ3n) is 4.36. The molecule has 4 rings (SSSR count). The van der Waals surface area contributed by atoms with Crippen LogP contribution in [0.1, 0.15) is 27.4 Å². The minimum absolute atomic E-state index is 0.196. The van der Waals surface area contributed by atoms with E-state index in [-0.39, 0.29) is 18.1 Å². The van der Waals surface area contributed by atoms with Gasteiger partial charge in [-0.3, -0.25) is 4.79 Å². The lowest BCUT2D eigenvalue weighted by molar-refractivity contribution is 0.101. The number of aryl methyl sites for hydroxylation is 1. The molecule has 2 aromatic carbocycles. The number of fused-ring (bicyclic) bond motifs is 1. The Morgan fingerprint density at radius 2 is 2.00 bits per heavy atom. The summed E-state index contributed by atoms with van der Waals surface area (Å²) in [4.78, 5) is 12.5. The summed E-state index contributed by atoms with van der Waals surface area (Å²) < 4.78 is 22.3. The first-order chi connectivity index (χ1) is 13.5. The molecule has 28 heavy (non-hydrogen) atoms. The number of Topliss-reactive ketones (excluding diaryl/α,β-unsaturated/α-hetero) is 1. The van der Waals surface area contributed by atoms with Gasteiger partial charge in [0.1, 0.15) is 35.4 Å². The number of halogens is 1. The predicted octanol–water partition coefficient (Wildman–Crippen LogP) is 5.45. The standard InChI is InChI=1S/C22H17ClO5/c1-13-4-3-5-18(23)22(13)26-12-16-7-6-15(27-16)11-20-21(24)17-9-8-14(25-2)10-19(17)28-20/h3-11H,12H2,1-2H3. The molecule has 6 heteroatoms. The smallest absolute Gasteiger partial charge is 0.232 e. The van der Waals surface area contributed by atoms with Crippen molar-refractivity contribution in [3.05, 3.63) is 82.0 Å². The number of ketones is 1. The topological polar surface area (TPSA) is 57.9 Å². The number of hydrogen-bond donors (Lipinski definition) is 0. The summed E-state index contributed by atoms with van der Waals surface area (Å²) in [6, 6.07) is 14.2. The zero-order valence-corrected chi connectivity index (χ0v) is 16.1. The summed E-state index contributed by atoms with van der Waals surface area (Å²) in [5.74, 6) is 2.83. The van der Waals surface area contributed by atoms with Crippen LogP contribution < -0.4 is 14.2 Å². The zero-order chi connectivity index (χ0) is 19.7. The number of benzene rings is 2. The maximum atomic E-state index is 12.5. The average Bonchev–Trinajstić information content (AvgIpc) is 3.26. The fraction of sp³-hybridized carbons (Fsp3) is 0.136. The highest BCUT2D eigenvalue weighted by Crippen LogP contribution is 2.35. The van der Waals surface area contributed by atoms with E-state index in [0.29, 0.717) is 39.4 Å². The van der Waals surface area contributed by atoms with E-state index in [2.05, 4.69) is 0 Å². The van der Waals surface area contributed by atoms with Crippen LogP contribution in [-0.2, 0) is 6.61 Å². The fourth-order valence-electron chi connectivity index (χ4n) is 2.92. The van der Waals surface area contributed by atoms with Gasteiger partial charge in [0.25, 0.3) is 0 Å². The summed E-state index contributed by atoms with van der Waals surface area (Å²) in [7, 11) is 1.56. The van der Waals surface area contributed by atoms with Crippen LogP contribution >= 0.6 is 11.6 Å². The SMILES string of the molecule is COc1ccc2c(c1)OC(=Cc1ccc(COc3c(C)cccc3Cl)o1)C2=O. The van der Waals surface area contributed by atoms with Gasteiger partial charge in [-0.05, 0) is 42.8 Å². The van der Waals surface area contributed by atoms with Gasteiger partial charge in [-0.2, -0.15) is 0 Å². The van der Waals surface area contributed by atoms with Crippen LogP contribution in [0.3, 0.4) is 0 Å². The molecule has 0 amide bonds. The Kier molecular flexibility index (Phi) is 4.84. The van der Waals surface area contributed by atoms with Gasteiger partial charge in [0.05, 0.1) is 17.7 Å². The molecule has 1 aliphatic rings. The minimum Gasteiger partial charge on any atom is -0.497 e. The molecule has 0 radical (unpaired) electrons. The quantitative estimate of drug-likeness (QED) is 0.537. The highest BCUT2D eigenvalue weighted by Gasteiger charge is 2.28. The van der Waals surface area contributed by atoms with Crippen molar-refractivity contribution in [1.82, 2.24) is 0 Å². The van der Waals surface area contributed by atoms with E-state index in [4.69, 9.17) is 30.2 Å². The summed E-state index contributed by atoms with van der Waals surface area (Å²) in [6.07, 6.45) is 1.57. The molecule has 0 atom stereocenters. The monoisotopic (exact) mass is 396 g/mol. The average molecular weight is 397 g/mol. The molecule has 2 heterocycles. The molecule has 0 saturated heterocycles. The van der Waals surface area contributed by atoms with Crippen LogP contribution in [0.15, 0.2) is 58.7 Å². The van der Waals surface area contributed by atoms with Crippen molar-refractivity contribution in [2.45, 2.75) is 13.5 Å². The van der Waals surface area contributed by atoms with E-state index in [0.717, 1.165) is 5.56 Å². The number of hydrogen-bond acceptors (Lipinski definition) is 5. The van der Waals surface area contributed by atoms with E-state index in [1.807, 2.05) is 19.1 Å². The number of allylic oxidation sites excluding steroid dienone is 1. The second-order valence-electron chi connectivity index (χ2n) is 6.28. The van der Waals surface area contributed by atoms with Gasteiger partial charge in [0, 0.05) is 12.1 Å². The highest BCUT2D eigenvalue weighted by molar-refractivity contribution is 6.32. The molecule has 3 aromatic rings. The Hall–Kier alpha value is -3.18. The van der Waals surface area contributed by atoms with Crippen LogP contribution in [0.4, 0.5) is 0 Å². The number of carbonyl (C=O) groups is 1. The first-order valence-corrected chi connectivity index (χ1v) is 9.02. The number of rotatable bonds is 5. The van der Waals surface area contributed by atoms with E-state index in [9.17, 15) is 4.79 Å². The predicted molar refractivity (Wildman–Crippen MR) is 105 cm³/mol.